The molecular weight excluding hydrogens is 382 g/mol. The number of ether oxygens (including phenoxy) is 4. The number of hydrogen-bond acceptors (Lipinski definition) is 6. The van der Waals surface area contributed by atoms with E-state index in [0.29, 0.717) is 36.9 Å². The predicted molar refractivity (Wildman–Crippen MR) is 107 cm³/mol. The largest absolute Gasteiger partial charge is 0.497 e. The van der Waals surface area contributed by atoms with Gasteiger partial charge in [0.25, 0.3) is 0 Å². The molecule has 0 bridgehead atoms. The van der Waals surface area contributed by atoms with Crippen LogP contribution in [0.4, 0.5) is 0 Å². The molecule has 150 valence electrons. The Bertz CT molecular complexity index is 857. The Hall–Kier alpha value is -2.44. The number of hydrogen-bond donors (Lipinski definition) is 1. The van der Waals surface area contributed by atoms with Crippen molar-refractivity contribution in [2.24, 2.45) is 0 Å². The summed E-state index contributed by atoms with van der Waals surface area (Å²) in [6, 6.07) is 11.0. The molecule has 28 heavy (non-hydrogen) atoms. The van der Waals surface area contributed by atoms with Crippen LogP contribution in [0.5, 0.6) is 17.2 Å². The lowest BCUT2D eigenvalue weighted by molar-refractivity contribution is -0.148. The Labute approximate surface area is 169 Å². The van der Waals surface area contributed by atoms with Crippen LogP contribution in [0.3, 0.4) is 0 Å². The van der Waals surface area contributed by atoms with Crippen LogP contribution in [0.1, 0.15) is 17.5 Å². The summed E-state index contributed by atoms with van der Waals surface area (Å²) in [5.74, 6) is 1.78. The number of esters is 1. The van der Waals surface area contributed by atoms with Crippen molar-refractivity contribution in [2.45, 2.75) is 18.4 Å². The highest BCUT2D eigenvalue weighted by molar-refractivity contribution is 6.30. The molecule has 2 aromatic carbocycles. The smallest absolute Gasteiger partial charge is 0.317 e. The quantitative estimate of drug-likeness (QED) is 0.713. The van der Waals surface area contributed by atoms with Crippen molar-refractivity contribution in [1.82, 2.24) is 5.32 Å². The SMILES string of the molecule is COC(=O)C1(CNCc2ccc(OC)cc2OC)CCOc2ccc(Cl)cc21. The lowest BCUT2D eigenvalue weighted by Crippen LogP contribution is -2.48. The zero-order valence-electron chi connectivity index (χ0n) is 16.2. The van der Waals surface area contributed by atoms with E-state index in [1.165, 1.54) is 7.11 Å². The van der Waals surface area contributed by atoms with Gasteiger partial charge in [-0.1, -0.05) is 17.7 Å². The van der Waals surface area contributed by atoms with E-state index in [0.717, 1.165) is 22.6 Å². The van der Waals surface area contributed by atoms with Crippen molar-refractivity contribution in [1.29, 1.82) is 0 Å². The van der Waals surface area contributed by atoms with Crippen molar-refractivity contribution in [3.8, 4) is 17.2 Å². The third-order valence-electron chi connectivity index (χ3n) is 5.06. The Morgan fingerprint density at radius 2 is 2.00 bits per heavy atom. The van der Waals surface area contributed by atoms with Gasteiger partial charge in [-0.15, -0.1) is 0 Å². The summed E-state index contributed by atoms with van der Waals surface area (Å²) >= 11 is 6.19. The Morgan fingerprint density at radius 1 is 1.18 bits per heavy atom. The van der Waals surface area contributed by atoms with Gasteiger partial charge in [-0.3, -0.25) is 4.79 Å². The molecule has 0 saturated heterocycles. The summed E-state index contributed by atoms with van der Waals surface area (Å²) < 4.78 is 21.6. The Balaban J connectivity index is 1.85. The van der Waals surface area contributed by atoms with Crippen LogP contribution in [0.15, 0.2) is 36.4 Å². The topological polar surface area (TPSA) is 66.0 Å². The normalized spacial score (nSPS) is 18.0. The molecule has 0 fully saturated rings. The molecule has 0 saturated carbocycles. The molecule has 1 aliphatic heterocycles. The summed E-state index contributed by atoms with van der Waals surface area (Å²) in [7, 11) is 4.63. The van der Waals surface area contributed by atoms with Crippen LogP contribution in [0.25, 0.3) is 0 Å². The maximum absolute atomic E-state index is 12.8. The first-order valence-electron chi connectivity index (χ1n) is 8.97. The average molecular weight is 406 g/mol. The Morgan fingerprint density at radius 3 is 2.71 bits per heavy atom. The molecule has 2 aromatic rings. The maximum atomic E-state index is 12.8. The third kappa shape index (κ3) is 3.88. The van der Waals surface area contributed by atoms with E-state index in [2.05, 4.69) is 5.32 Å². The fraction of sp³-hybridized carbons (Fsp3) is 0.381. The molecule has 1 N–H and O–H groups in total. The molecule has 0 aromatic heterocycles. The van der Waals surface area contributed by atoms with E-state index in [9.17, 15) is 4.79 Å². The minimum Gasteiger partial charge on any atom is -0.497 e. The van der Waals surface area contributed by atoms with Gasteiger partial charge in [-0.05, 0) is 24.3 Å². The number of fused-ring (bicyclic) bond motifs is 1. The number of methoxy groups -OCH3 is 3. The molecule has 6 nitrogen and oxygen atoms in total. The van der Waals surface area contributed by atoms with Gasteiger partial charge in [0.15, 0.2) is 0 Å². The van der Waals surface area contributed by atoms with Gasteiger partial charge < -0.3 is 24.3 Å². The standard InChI is InChI=1S/C21H24ClNO5/c1-25-16-6-4-14(19(11-16)26-2)12-23-13-21(20(24)27-3)8-9-28-18-7-5-15(22)10-17(18)21/h4-7,10-11,23H,8-9,12-13H2,1-3H3. The highest BCUT2D eigenvalue weighted by atomic mass is 35.5. The molecule has 1 unspecified atom stereocenters. The number of rotatable bonds is 7. The molecule has 0 radical (unpaired) electrons. The van der Waals surface area contributed by atoms with E-state index in [1.54, 1.807) is 32.4 Å². The molecule has 0 aliphatic carbocycles. The van der Waals surface area contributed by atoms with E-state index >= 15 is 0 Å². The number of halogens is 1. The van der Waals surface area contributed by atoms with Crippen LogP contribution < -0.4 is 19.5 Å². The third-order valence-corrected chi connectivity index (χ3v) is 5.29. The Kier molecular flexibility index (Phi) is 6.31. The van der Waals surface area contributed by atoms with Crippen LogP contribution in [-0.4, -0.2) is 40.5 Å². The molecule has 3 rings (SSSR count). The zero-order chi connectivity index (χ0) is 20.1. The summed E-state index contributed by atoms with van der Waals surface area (Å²) in [6.45, 7) is 1.32. The lowest BCUT2D eigenvalue weighted by atomic mass is 9.75. The number of nitrogens with one attached hydrogen (secondary N) is 1. The van der Waals surface area contributed by atoms with Crippen LogP contribution in [0, 0.1) is 0 Å². The molecule has 0 spiro atoms. The first kappa shape index (κ1) is 20.3. The van der Waals surface area contributed by atoms with Gasteiger partial charge in [0, 0.05) is 41.7 Å². The highest BCUT2D eigenvalue weighted by Gasteiger charge is 2.45. The van der Waals surface area contributed by atoms with E-state index in [-0.39, 0.29) is 5.97 Å². The fourth-order valence-corrected chi connectivity index (χ4v) is 3.72. The number of carbonyl (C=O) groups is 1. The first-order chi connectivity index (χ1) is 13.5. The van der Waals surface area contributed by atoms with E-state index in [4.69, 9.17) is 30.5 Å². The monoisotopic (exact) mass is 405 g/mol. The van der Waals surface area contributed by atoms with E-state index in [1.807, 2.05) is 18.2 Å². The lowest BCUT2D eigenvalue weighted by Gasteiger charge is -2.36. The zero-order valence-corrected chi connectivity index (χ0v) is 17.0. The van der Waals surface area contributed by atoms with Gasteiger partial charge >= 0.3 is 5.97 Å². The van der Waals surface area contributed by atoms with Gasteiger partial charge in [0.1, 0.15) is 22.7 Å². The predicted octanol–water partition coefficient (Wildman–Crippen LogP) is 3.34. The minimum absolute atomic E-state index is 0.312. The molecular formula is C21H24ClNO5. The summed E-state index contributed by atoms with van der Waals surface area (Å²) in [5.41, 5.74) is 0.835. The first-order valence-corrected chi connectivity index (χ1v) is 9.34. The summed E-state index contributed by atoms with van der Waals surface area (Å²) in [5, 5.41) is 3.93. The average Bonchev–Trinajstić information content (AvgIpc) is 2.73. The van der Waals surface area contributed by atoms with Crippen LogP contribution >= 0.6 is 11.6 Å². The van der Waals surface area contributed by atoms with Crippen molar-refractivity contribution in [2.75, 3.05) is 34.5 Å². The van der Waals surface area contributed by atoms with Gasteiger partial charge in [-0.25, -0.2) is 0 Å². The van der Waals surface area contributed by atoms with Gasteiger partial charge in [-0.2, -0.15) is 0 Å². The maximum Gasteiger partial charge on any atom is 0.317 e. The highest BCUT2D eigenvalue weighted by Crippen LogP contribution is 2.41. The van der Waals surface area contributed by atoms with Gasteiger partial charge in [0.05, 0.1) is 27.9 Å². The molecule has 1 aliphatic rings. The molecule has 7 heteroatoms. The van der Waals surface area contributed by atoms with Crippen molar-refractivity contribution in [3.63, 3.8) is 0 Å². The number of carbonyl (C=O) groups excluding carboxylic acids is 1. The van der Waals surface area contributed by atoms with Crippen molar-refractivity contribution >= 4 is 17.6 Å². The number of benzene rings is 2. The summed E-state index contributed by atoms with van der Waals surface area (Å²) in [4.78, 5) is 12.8. The second kappa shape index (κ2) is 8.71. The molecule has 1 atom stereocenters. The minimum atomic E-state index is -0.868. The molecule has 0 amide bonds. The second-order valence-electron chi connectivity index (χ2n) is 6.59. The molecule has 1 heterocycles. The van der Waals surface area contributed by atoms with Crippen molar-refractivity contribution < 1.29 is 23.7 Å². The second-order valence-corrected chi connectivity index (χ2v) is 7.03. The van der Waals surface area contributed by atoms with Crippen LogP contribution in [0.2, 0.25) is 5.02 Å². The van der Waals surface area contributed by atoms with Gasteiger partial charge in [0.2, 0.25) is 0 Å². The summed E-state index contributed by atoms with van der Waals surface area (Å²) in [6.07, 6.45) is 0.500. The van der Waals surface area contributed by atoms with E-state index < -0.39 is 5.41 Å². The van der Waals surface area contributed by atoms with Crippen molar-refractivity contribution in [3.05, 3.63) is 52.5 Å². The van der Waals surface area contributed by atoms with Crippen LogP contribution in [-0.2, 0) is 21.5 Å². The fourth-order valence-electron chi connectivity index (χ4n) is 3.54.